The molecule has 0 aromatic heterocycles. The van der Waals surface area contributed by atoms with Gasteiger partial charge in [-0.2, -0.15) is 0 Å². The molecule has 2 N–H and O–H groups in total. The highest BCUT2D eigenvalue weighted by Crippen LogP contribution is 2.20. The molecule has 0 unspecified atom stereocenters. The highest BCUT2D eigenvalue weighted by Gasteiger charge is 2.27. The fourth-order valence-corrected chi connectivity index (χ4v) is 2.49. The van der Waals surface area contributed by atoms with Gasteiger partial charge in [0.05, 0.1) is 6.42 Å². The molecule has 0 saturated carbocycles. The molecule has 0 fully saturated rings. The number of urea groups is 1. The van der Waals surface area contributed by atoms with Gasteiger partial charge in [-0.25, -0.2) is 4.79 Å². The molecule has 0 saturated heterocycles. The first kappa shape index (κ1) is 19.7. The first-order valence-corrected chi connectivity index (χ1v) is 7.74. The van der Waals surface area contributed by atoms with Crippen LogP contribution in [0.15, 0.2) is 0 Å². The summed E-state index contributed by atoms with van der Waals surface area (Å²) in [6.07, 6.45) is -0.0392. The lowest BCUT2D eigenvalue weighted by atomic mass is 9.85. The molecule has 0 aromatic carbocycles. The van der Waals surface area contributed by atoms with Crippen molar-refractivity contribution in [3.63, 3.8) is 0 Å². The van der Waals surface area contributed by atoms with E-state index < -0.39 is 11.5 Å². The van der Waals surface area contributed by atoms with E-state index >= 15 is 0 Å². The van der Waals surface area contributed by atoms with Crippen molar-refractivity contribution in [3.8, 4) is 0 Å². The number of amides is 2. The van der Waals surface area contributed by atoms with Crippen molar-refractivity contribution in [1.29, 1.82) is 0 Å². The lowest BCUT2D eigenvalue weighted by Crippen LogP contribution is -2.52. The van der Waals surface area contributed by atoms with Gasteiger partial charge in [-0.3, -0.25) is 4.79 Å². The van der Waals surface area contributed by atoms with Gasteiger partial charge in [0, 0.05) is 18.6 Å². The topological polar surface area (TPSA) is 69.6 Å². The summed E-state index contributed by atoms with van der Waals surface area (Å²) in [5, 5.41) is 11.8. The lowest BCUT2D eigenvalue weighted by Gasteiger charge is -2.36. The highest BCUT2D eigenvalue weighted by atomic mass is 16.4. The Morgan fingerprint density at radius 3 is 1.90 bits per heavy atom. The molecule has 5 heteroatoms. The molecule has 0 aromatic rings. The first-order valence-electron chi connectivity index (χ1n) is 7.74. The van der Waals surface area contributed by atoms with Crippen molar-refractivity contribution in [2.45, 2.75) is 60.4 Å². The first-order chi connectivity index (χ1) is 9.46. The maximum Gasteiger partial charge on any atom is 0.317 e. The number of nitrogens with one attached hydrogen (secondary N) is 1. The van der Waals surface area contributed by atoms with Crippen LogP contribution in [-0.2, 0) is 4.79 Å². The second-order valence-corrected chi connectivity index (χ2v) is 7.30. The maximum absolute atomic E-state index is 12.4. The van der Waals surface area contributed by atoms with Crippen LogP contribution in [0.2, 0.25) is 0 Å². The van der Waals surface area contributed by atoms with Gasteiger partial charge in [0.25, 0.3) is 0 Å². The van der Waals surface area contributed by atoms with Crippen molar-refractivity contribution < 1.29 is 14.7 Å². The van der Waals surface area contributed by atoms with Gasteiger partial charge in [-0.1, -0.05) is 27.7 Å². The molecule has 0 atom stereocenters. The normalized spacial score (nSPS) is 12.1. The lowest BCUT2D eigenvalue weighted by molar-refractivity contribution is -0.137. The maximum atomic E-state index is 12.4. The van der Waals surface area contributed by atoms with Crippen LogP contribution in [-0.4, -0.2) is 40.6 Å². The van der Waals surface area contributed by atoms with E-state index in [1.165, 1.54) is 0 Å². The minimum atomic E-state index is -0.890. The summed E-state index contributed by atoms with van der Waals surface area (Å²) in [6, 6.07) is -0.185. The Bertz CT molecular complexity index is 338. The minimum Gasteiger partial charge on any atom is -0.481 e. The fraction of sp³-hybridized carbons (Fsp3) is 0.875. The molecule has 124 valence electrons. The smallest absolute Gasteiger partial charge is 0.317 e. The molecule has 0 radical (unpaired) electrons. The number of aliphatic carboxylic acids is 1. The number of carboxylic acids is 1. The zero-order chi connectivity index (χ0) is 16.8. The van der Waals surface area contributed by atoms with Gasteiger partial charge >= 0.3 is 12.0 Å². The SMILES string of the molecule is CC(C)C(CNC(=O)N(CCC(=O)O)C(C)(C)C)C(C)C. The zero-order valence-corrected chi connectivity index (χ0v) is 14.6. The van der Waals surface area contributed by atoms with Crippen molar-refractivity contribution in [1.82, 2.24) is 10.2 Å². The number of nitrogens with zero attached hydrogens (tertiary/aromatic N) is 1. The molecule has 0 aliphatic carbocycles. The fourth-order valence-electron chi connectivity index (χ4n) is 2.49. The monoisotopic (exact) mass is 300 g/mol. The summed E-state index contributed by atoms with van der Waals surface area (Å²) in [4.78, 5) is 24.7. The molecule has 0 bridgehead atoms. The average Bonchev–Trinajstić information content (AvgIpc) is 2.25. The predicted octanol–water partition coefficient (Wildman–Crippen LogP) is 3.20. The summed E-state index contributed by atoms with van der Waals surface area (Å²) in [7, 11) is 0. The van der Waals surface area contributed by atoms with Gasteiger partial charge < -0.3 is 15.3 Å². The Balaban J connectivity index is 4.71. The van der Waals surface area contributed by atoms with Crippen LogP contribution >= 0.6 is 0 Å². The summed E-state index contributed by atoms with van der Waals surface area (Å²) in [6.45, 7) is 15.2. The number of rotatable bonds is 7. The quantitative estimate of drug-likeness (QED) is 0.758. The van der Waals surface area contributed by atoms with Gasteiger partial charge in [0.1, 0.15) is 0 Å². The van der Waals surface area contributed by atoms with E-state index in [2.05, 4.69) is 33.0 Å². The Labute approximate surface area is 129 Å². The summed E-state index contributed by atoms with van der Waals surface area (Å²) in [5.41, 5.74) is -0.398. The number of hydrogen-bond donors (Lipinski definition) is 2. The van der Waals surface area contributed by atoms with E-state index in [1.54, 1.807) is 4.90 Å². The van der Waals surface area contributed by atoms with Crippen LogP contribution in [0.25, 0.3) is 0 Å². The molecular formula is C16H32N2O3. The van der Waals surface area contributed by atoms with Gasteiger partial charge in [0.15, 0.2) is 0 Å². The van der Waals surface area contributed by atoms with E-state index in [4.69, 9.17) is 5.11 Å². The van der Waals surface area contributed by atoms with E-state index in [1.807, 2.05) is 20.8 Å². The molecule has 5 nitrogen and oxygen atoms in total. The third kappa shape index (κ3) is 7.34. The Hall–Kier alpha value is -1.26. The van der Waals surface area contributed by atoms with Gasteiger partial charge in [-0.05, 0) is 38.5 Å². The minimum absolute atomic E-state index is 0.0392. The Morgan fingerprint density at radius 2 is 1.57 bits per heavy atom. The van der Waals surface area contributed by atoms with Crippen LogP contribution in [0.5, 0.6) is 0 Å². The van der Waals surface area contributed by atoms with Gasteiger partial charge in [-0.15, -0.1) is 0 Å². The second kappa shape index (κ2) is 8.25. The predicted molar refractivity (Wildman–Crippen MR) is 85.3 cm³/mol. The van der Waals surface area contributed by atoms with Crippen LogP contribution in [0.3, 0.4) is 0 Å². The van der Waals surface area contributed by atoms with Crippen molar-refractivity contribution >= 4 is 12.0 Å². The van der Waals surface area contributed by atoms with E-state index in [0.29, 0.717) is 24.3 Å². The molecule has 0 aliphatic heterocycles. The molecule has 0 heterocycles. The van der Waals surface area contributed by atoms with E-state index in [0.717, 1.165) is 0 Å². The highest BCUT2D eigenvalue weighted by molar-refractivity contribution is 5.76. The molecule has 0 aliphatic rings. The number of carboxylic acid groups (broad SMARTS) is 1. The van der Waals surface area contributed by atoms with Crippen molar-refractivity contribution in [2.75, 3.05) is 13.1 Å². The van der Waals surface area contributed by atoms with Crippen LogP contribution in [0, 0.1) is 17.8 Å². The molecule has 21 heavy (non-hydrogen) atoms. The Morgan fingerprint density at radius 1 is 1.10 bits per heavy atom. The number of carbonyl (C=O) groups excluding carboxylic acids is 1. The summed E-state index contributed by atoms with van der Waals surface area (Å²) >= 11 is 0. The Kier molecular flexibility index (Phi) is 7.75. The molecule has 0 rings (SSSR count). The molecular weight excluding hydrogens is 268 g/mol. The van der Waals surface area contributed by atoms with Crippen molar-refractivity contribution in [3.05, 3.63) is 0 Å². The van der Waals surface area contributed by atoms with E-state index in [-0.39, 0.29) is 19.0 Å². The van der Waals surface area contributed by atoms with Crippen LogP contribution in [0.4, 0.5) is 4.79 Å². The zero-order valence-electron chi connectivity index (χ0n) is 14.6. The largest absolute Gasteiger partial charge is 0.481 e. The summed E-state index contributed by atoms with van der Waals surface area (Å²) in [5.74, 6) is 0.509. The summed E-state index contributed by atoms with van der Waals surface area (Å²) < 4.78 is 0. The molecule has 0 spiro atoms. The van der Waals surface area contributed by atoms with Crippen molar-refractivity contribution in [2.24, 2.45) is 17.8 Å². The number of hydrogen-bond acceptors (Lipinski definition) is 2. The van der Waals surface area contributed by atoms with E-state index in [9.17, 15) is 9.59 Å². The second-order valence-electron chi connectivity index (χ2n) is 7.30. The molecule has 2 amide bonds. The third-order valence-corrected chi connectivity index (χ3v) is 3.81. The third-order valence-electron chi connectivity index (χ3n) is 3.81. The van der Waals surface area contributed by atoms with Crippen LogP contribution < -0.4 is 5.32 Å². The number of carbonyl (C=O) groups is 2. The van der Waals surface area contributed by atoms with Gasteiger partial charge in [0.2, 0.25) is 0 Å². The average molecular weight is 300 g/mol. The standard InChI is InChI=1S/C16H32N2O3/c1-11(2)13(12(3)4)10-17-15(21)18(16(5,6)7)9-8-14(19)20/h11-13H,8-10H2,1-7H3,(H,17,21)(H,19,20). The van der Waals surface area contributed by atoms with Crippen LogP contribution in [0.1, 0.15) is 54.9 Å².